The number of hydrogen-bond donors (Lipinski definition) is 0. The first-order valence-electron chi connectivity index (χ1n) is 6.76. The second-order valence-electron chi connectivity index (χ2n) is 4.42. The van der Waals surface area contributed by atoms with Crippen LogP contribution in [0.15, 0.2) is 61.2 Å². The zero-order valence-corrected chi connectivity index (χ0v) is 11.7. The Labute approximate surface area is 120 Å². The molecule has 2 aromatic rings. The summed E-state index contributed by atoms with van der Waals surface area (Å²) in [6.07, 6.45) is 2.79. The lowest BCUT2D eigenvalue weighted by Crippen LogP contribution is -1.92. The molecule has 100 valence electrons. The molecule has 0 unspecified atom stereocenters. The summed E-state index contributed by atoms with van der Waals surface area (Å²) in [4.78, 5) is 0. The van der Waals surface area contributed by atoms with E-state index in [4.69, 9.17) is 4.74 Å². The minimum atomic E-state index is 0.523. The highest BCUT2D eigenvalue weighted by Gasteiger charge is 1.92. The van der Waals surface area contributed by atoms with E-state index in [1.165, 1.54) is 5.56 Å². The zero-order valence-electron chi connectivity index (χ0n) is 11.7. The Morgan fingerprint density at radius 3 is 2.00 bits per heavy atom. The van der Waals surface area contributed by atoms with Crippen LogP contribution < -0.4 is 4.74 Å². The maximum Gasteiger partial charge on any atom is 0.119 e. The molecule has 1 heteroatoms. The van der Waals surface area contributed by atoms with Crippen molar-refractivity contribution in [1.82, 2.24) is 0 Å². The van der Waals surface area contributed by atoms with Crippen molar-refractivity contribution in [2.75, 3.05) is 6.61 Å². The fourth-order valence-electron chi connectivity index (χ4n) is 1.76. The van der Waals surface area contributed by atoms with E-state index < -0.39 is 0 Å². The molecule has 2 rings (SSSR count). The van der Waals surface area contributed by atoms with Crippen LogP contribution in [0.4, 0.5) is 0 Å². The van der Waals surface area contributed by atoms with Crippen molar-refractivity contribution in [3.05, 3.63) is 77.9 Å². The van der Waals surface area contributed by atoms with Gasteiger partial charge in [-0.1, -0.05) is 43.6 Å². The number of ether oxygens (including phenoxy) is 1. The summed E-state index contributed by atoms with van der Waals surface area (Å²) in [6.45, 7) is 6.29. The van der Waals surface area contributed by atoms with Gasteiger partial charge in [0.2, 0.25) is 0 Å². The van der Waals surface area contributed by atoms with Crippen molar-refractivity contribution in [2.45, 2.75) is 13.3 Å². The van der Waals surface area contributed by atoms with Crippen molar-refractivity contribution in [3.63, 3.8) is 0 Å². The molecule has 0 bridgehead atoms. The van der Waals surface area contributed by atoms with E-state index in [1.807, 2.05) is 24.3 Å². The van der Waals surface area contributed by atoms with E-state index in [1.54, 1.807) is 6.08 Å². The molecule has 0 heterocycles. The lowest BCUT2D eigenvalue weighted by atomic mass is 10.1. The van der Waals surface area contributed by atoms with Crippen molar-refractivity contribution < 1.29 is 4.74 Å². The summed E-state index contributed by atoms with van der Waals surface area (Å²) in [5, 5.41) is 0. The summed E-state index contributed by atoms with van der Waals surface area (Å²) in [6, 6.07) is 16.1. The molecule has 0 amide bonds. The molecule has 0 spiro atoms. The molecule has 2 aromatic carbocycles. The molecule has 1 nitrogen and oxygen atoms in total. The summed E-state index contributed by atoms with van der Waals surface area (Å²) in [5.74, 6) is 7.16. The van der Waals surface area contributed by atoms with E-state index in [-0.39, 0.29) is 0 Å². The van der Waals surface area contributed by atoms with Crippen molar-refractivity contribution in [1.29, 1.82) is 0 Å². The largest absolute Gasteiger partial charge is 0.490 e. The van der Waals surface area contributed by atoms with Crippen LogP contribution in [0.3, 0.4) is 0 Å². The molecule has 0 fully saturated rings. The molecule has 0 aliphatic heterocycles. The predicted molar refractivity (Wildman–Crippen MR) is 83.9 cm³/mol. The fraction of sp³-hybridized carbons (Fsp3) is 0.158. The van der Waals surface area contributed by atoms with Crippen LogP contribution in [0.25, 0.3) is 0 Å². The SMILES string of the molecule is C=CCOc1ccc(C#Cc2ccc(CC)cc2)cc1. The topological polar surface area (TPSA) is 9.23 Å². The summed E-state index contributed by atoms with van der Waals surface area (Å²) >= 11 is 0. The van der Waals surface area contributed by atoms with Gasteiger partial charge in [0, 0.05) is 11.1 Å². The quantitative estimate of drug-likeness (QED) is 0.592. The van der Waals surface area contributed by atoms with Crippen LogP contribution in [0.1, 0.15) is 23.6 Å². The molecule has 0 atom stereocenters. The van der Waals surface area contributed by atoms with Crippen LogP contribution in [-0.2, 0) is 6.42 Å². The third-order valence-electron chi connectivity index (χ3n) is 2.94. The number of rotatable bonds is 4. The highest BCUT2D eigenvalue weighted by atomic mass is 16.5. The van der Waals surface area contributed by atoms with Gasteiger partial charge >= 0.3 is 0 Å². The van der Waals surface area contributed by atoms with Gasteiger partial charge in [0.15, 0.2) is 0 Å². The fourth-order valence-corrected chi connectivity index (χ4v) is 1.76. The Morgan fingerprint density at radius 2 is 1.50 bits per heavy atom. The molecule has 0 radical (unpaired) electrons. The minimum absolute atomic E-state index is 0.523. The first kappa shape index (κ1) is 14.0. The Morgan fingerprint density at radius 1 is 0.950 bits per heavy atom. The van der Waals surface area contributed by atoms with Gasteiger partial charge in [0.25, 0.3) is 0 Å². The van der Waals surface area contributed by atoms with Crippen LogP contribution >= 0.6 is 0 Å². The van der Waals surface area contributed by atoms with E-state index in [0.717, 1.165) is 23.3 Å². The molecular formula is C19H18O. The molecule has 0 saturated heterocycles. The van der Waals surface area contributed by atoms with E-state index in [0.29, 0.717) is 6.61 Å². The van der Waals surface area contributed by atoms with Gasteiger partial charge in [-0.25, -0.2) is 0 Å². The summed E-state index contributed by atoms with van der Waals surface area (Å²) in [7, 11) is 0. The molecule has 0 aromatic heterocycles. The van der Waals surface area contributed by atoms with Gasteiger partial charge in [0.05, 0.1) is 0 Å². The van der Waals surface area contributed by atoms with Crippen LogP contribution in [0.2, 0.25) is 0 Å². The summed E-state index contributed by atoms with van der Waals surface area (Å²) < 4.78 is 5.43. The molecule has 0 saturated carbocycles. The average Bonchev–Trinajstić information content (AvgIpc) is 2.52. The van der Waals surface area contributed by atoms with E-state index in [9.17, 15) is 0 Å². The van der Waals surface area contributed by atoms with E-state index in [2.05, 4.69) is 49.6 Å². The minimum Gasteiger partial charge on any atom is -0.490 e. The molecular weight excluding hydrogens is 244 g/mol. The summed E-state index contributed by atoms with van der Waals surface area (Å²) in [5.41, 5.74) is 3.35. The third kappa shape index (κ3) is 4.03. The highest BCUT2D eigenvalue weighted by Crippen LogP contribution is 2.11. The Kier molecular flexibility index (Phi) is 5.03. The second kappa shape index (κ2) is 7.21. The number of aryl methyl sites for hydroxylation is 1. The lowest BCUT2D eigenvalue weighted by Gasteiger charge is -2.01. The standard InChI is InChI=1S/C19H18O/c1-3-15-20-19-13-11-18(12-14-19)10-9-17-7-5-16(4-2)6-8-17/h3,5-8,11-14H,1,4,15H2,2H3. The van der Waals surface area contributed by atoms with Crippen LogP contribution in [0, 0.1) is 11.8 Å². The van der Waals surface area contributed by atoms with Gasteiger partial charge in [-0.05, 0) is 48.4 Å². The van der Waals surface area contributed by atoms with E-state index >= 15 is 0 Å². The van der Waals surface area contributed by atoms with Crippen molar-refractivity contribution >= 4 is 0 Å². The highest BCUT2D eigenvalue weighted by molar-refractivity contribution is 5.44. The van der Waals surface area contributed by atoms with Crippen LogP contribution in [-0.4, -0.2) is 6.61 Å². The van der Waals surface area contributed by atoms with Gasteiger partial charge in [-0.3, -0.25) is 0 Å². The Bertz CT molecular complexity index is 610. The molecule has 20 heavy (non-hydrogen) atoms. The maximum atomic E-state index is 5.43. The monoisotopic (exact) mass is 262 g/mol. The maximum absolute atomic E-state index is 5.43. The van der Waals surface area contributed by atoms with Gasteiger partial charge < -0.3 is 4.74 Å². The number of hydrogen-bond acceptors (Lipinski definition) is 1. The smallest absolute Gasteiger partial charge is 0.119 e. The first-order chi connectivity index (χ1) is 9.81. The normalized spacial score (nSPS) is 9.45. The van der Waals surface area contributed by atoms with Gasteiger partial charge in [-0.2, -0.15) is 0 Å². The number of benzene rings is 2. The average molecular weight is 262 g/mol. The Hall–Kier alpha value is -2.46. The second-order valence-corrected chi connectivity index (χ2v) is 4.42. The van der Waals surface area contributed by atoms with Gasteiger partial charge in [0.1, 0.15) is 12.4 Å². The zero-order chi connectivity index (χ0) is 14.2. The molecule has 0 N–H and O–H groups in total. The third-order valence-corrected chi connectivity index (χ3v) is 2.94. The predicted octanol–water partition coefficient (Wildman–Crippen LogP) is 4.21. The van der Waals surface area contributed by atoms with Crippen molar-refractivity contribution in [2.24, 2.45) is 0 Å². The van der Waals surface area contributed by atoms with Crippen molar-refractivity contribution in [3.8, 4) is 17.6 Å². The first-order valence-corrected chi connectivity index (χ1v) is 6.76. The lowest BCUT2D eigenvalue weighted by molar-refractivity contribution is 0.363. The Balaban J connectivity index is 2.05. The molecule has 0 aliphatic carbocycles. The van der Waals surface area contributed by atoms with Crippen LogP contribution in [0.5, 0.6) is 5.75 Å². The van der Waals surface area contributed by atoms with Gasteiger partial charge in [-0.15, -0.1) is 0 Å². The molecule has 0 aliphatic rings.